The topological polar surface area (TPSA) is 73.8 Å². The molecular formula is C25H29N3O5S. The number of fused-ring (bicyclic) bond motifs is 2. The highest BCUT2D eigenvalue weighted by atomic mass is 32.2. The molecule has 0 bridgehead atoms. The van der Waals surface area contributed by atoms with Crippen LogP contribution in [-0.2, 0) is 4.74 Å². The van der Waals surface area contributed by atoms with Gasteiger partial charge in [0.25, 0.3) is 0 Å². The van der Waals surface area contributed by atoms with Crippen molar-refractivity contribution in [3.63, 3.8) is 0 Å². The van der Waals surface area contributed by atoms with Crippen molar-refractivity contribution in [1.82, 2.24) is 10.2 Å². The van der Waals surface area contributed by atoms with Gasteiger partial charge in [0.05, 0.1) is 52.2 Å². The van der Waals surface area contributed by atoms with E-state index in [0.29, 0.717) is 30.5 Å². The smallest absolute Gasteiger partial charge is 0.203 e. The van der Waals surface area contributed by atoms with E-state index < -0.39 is 0 Å². The number of methoxy groups -OCH3 is 4. The molecule has 5 rings (SSSR count). The summed E-state index contributed by atoms with van der Waals surface area (Å²) in [6, 6.07) is 9.97. The lowest BCUT2D eigenvalue weighted by Crippen LogP contribution is -2.48. The Hall–Kier alpha value is -3.04. The number of rotatable bonds is 5. The van der Waals surface area contributed by atoms with Crippen molar-refractivity contribution >= 4 is 23.4 Å². The van der Waals surface area contributed by atoms with Crippen LogP contribution in [0.1, 0.15) is 17.2 Å². The largest absolute Gasteiger partial charge is 0.496 e. The Morgan fingerprint density at radius 1 is 0.971 bits per heavy atom. The molecule has 1 atom stereocenters. The normalized spacial score (nSPS) is 19.5. The summed E-state index contributed by atoms with van der Waals surface area (Å²) in [5.41, 5.74) is 4.41. The lowest BCUT2D eigenvalue weighted by molar-refractivity contribution is 0.0667. The van der Waals surface area contributed by atoms with E-state index in [1.807, 2.05) is 24.3 Å². The van der Waals surface area contributed by atoms with Gasteiger partial charge in [0.15, 0.2) is 17.5 Å². The summed E-state index contributed by atoms with van der Waals surface area (Å²) in [5.74, 6) is 4.33. The van der Waals surface area contributed by atoms with E-state index in [1.54, 1.807) is 40.2 Å². The number of morpholine rings is 1. The van der Waals surface area contributed by atoms with E-state index in [9.17, 15) is 0 Å². The summed E-state index contributed by atoms with van der Waals surface area (Å²) in [4.78, 5) is 8.60. The summed E-state index contributed by atoms with van der Waals surface area (Å²) in [6.07, 6.45) is 0. The molecule has 3 aliphatic rings. The van der Waals surface area contributed by atoms with E-state index >= 15 is 0 Å². The highest BCUT2D eigenvalue weighted by Crippen LogP contribution is 2.49. The predicted molar refractivity (Wildman–Crippen MR) is 132 cm³/mol. The Bertz CT molecular complexity index is 1120. The number of ether oxygens (including phenoxy) is 5. The average Bonchev–Trinajstić information content (AvgIpc) is 2.91. The molecule has 3 aliphatic heterocycles. The second-order valence-corrected chi connectivity index (χ2v) is 9.05. The quantitative estimate of drug-likeness (QED) is 0.692. The minimum Gasteiger partial charge on any atom is -0.496 e. The number of benzene rings is 2. The molecule has 0 saturated carbocycles. The van der Waals surface area contributed by atoms with Crippen molar-refractivity contribution in [2.24, 2.45) is 4.99 Å². The molecule has 0 aliphatic carbocycles. The van der Waals surface area contributed by atoms with Gasteiger partial charge in [-0.1, -0.05) is 12.1 Å². The van der Waals surface area contributed by atoms with Crippen molar-refractivity contribution in [3.8, 4) is 23.0 Å². The van der Waals surface area contributed by atoms with E-state index in [0.717, 1.165) is 52.3 Å². The maximum atomic E-state index is 5.66. The summed E-state index contributed by atoms with van der Waals surface area (Å²) in [7, 11) is 6.60. The highest BCUT2D eigenvalue weighted by Gasteiger charge is 2.34. The maximum Gasteiger partial charge on any atom is 0.203 e. The molecule has 0 radical (unpaired) electrons. The van der Waals surface area contributed by atoms with E-state index in [-0.39, 0.29) is 6.04 Å². The SMILES string of the molecule is COc1cc(C2N=C(N3CCOCC3)NC3=C2CSc2c(OC)cccc23)cc(OC)c1OC. The first-order chi connectivity index (χ1) is 16.7. The van der Waals surface area contributed by atoms with Crippen molar-refractivity contribution in [2.45, 2.75) is 10.9 Å². The molecule has 1 fully saturated rings. The number of guanidine groups is 1. The fourth-order valence-electron chi connectivity index (χ4n) is 4.60. The first-order valence-electron chi connectivity index (χ1n) is 11.2. The Labute approximate surface area is 203 Å². The summed E-state index contributed by atoms with van der Waals surface area (Å²) >= 11 is 1.78. The Balaban J connectivity index is 1.66. The summed E-state index contributed by atoms with van der Waals surface area (Å²) < 4.78 is 28.1. The molecule has 0 amide bonds. The van der Waals surface area contributed by atoms with Gasteiger partial charge >= 0.3 is 0 Å². The van der Waals surface area contributed by atoms with Gasteiger partial charge in [0.1, 0.15) is 11.8 Å². The van der Waals surface area contributed by atoms with Crippen LogP contribution in [0.2, 0.25) is 0 Å². The first-order valence-corrected chi connectivity index (χ1v) is 12.2. The zero-order chi connectivity index (χ0) is 23.7. The van der Waals surface area contributed by atoms with Crippen LogP contribution in [0.4, 0.5) is 0 Å². The first kappa shape index (κ1) is 22.7. The van der Waals surface area contributed by atoms with E-state index in [2.05, 4.69) is 16.3 Å². The number of nitrogens with zero attached hydrogens (tertiary/aromatic N) is 2. The van der Waals surface area contributed by atoms with Crippen molar-refractivity contribution in [2.75, 3.05) is 60.5 Å². The molecule has 8 nitrogen and oxygen atoms in total. The van der Waals surface area contributed by atoms with Crippen molar-refractivity contribution < 1.29 is 23.7 Å². The van der Waals surface area contributed by atoms with Crippen LogP contribution in [0.3, 0.4) is 0 Å². The summed E-state index contributed by atoms with van der Waals surface area (Å²) in [6.45, 7) is 2.94. The molecule has 180 valence electrons. The van der Waals surface area contributed by atoms with Crippen LogP contribution in [-0.4, -0.2) is 71.4 Å². The molecule has 1 unspecified atom stereocenters. The van der Waals surface area contributed by atoms with Gasteiger partial charge in [-0.25, -0.2) is 4.99 Å². The lowest BCUT2D eigenvalue weighted by atomic mass is 9.93. The second kappa shape index (κ2) is 9.68. The minimum absolute atomic E-state index is 0.199. The van der Waals surface area contributed by atoms with Crippen LogP contribution in [0.25, 0.3) is 5.70 Å². The molecule has 0 spiro atoms. The molecule has 34 heavy (non-hydrogen) atoms. The molecular weight excluding hydrogens is 454 g/mol. The molecule has 0 aromatic heterocycles. The average molecular weight is 484 g/mol. The molecule has 9 heteroatoms. The van der Waals surface area contributed by atoms with Gasteiger partial charge in [0.2, 0.25) is 5.75 Å². The Morgan fingerprint density at radius 3 is 2.32 bits per heavy atom. The van der Waals surface area contributed by atoms with Gasteiger partial charge < -0.3 is 33.9 Å². The predicted octanol–water partition coefficient (Wildman–Crippen LogP) is 3.57. The minimum atomic E-state index is -0.199. The van der Waals surface area contributed by atoms with Crippen molar-refractivity contribution in [1.29, 1.82) is 0 Å². The monoisotopic (exact) mass is 483 g/mol. The maximum absolute atomic E-state index is 5.66. The molecule has 2 aromatic carbocycles. The summed E-state index contributed by atoms with van der Waals surface area (Å²) in [5, 5.41) is 3.66. The van der Waals surface area contributed by atoms with Crippen LogP contribution in [0.15, 0.2) is 45.8 Å². The molecule has 1 N–H and O–H groups in total. The van der Waals surface area contributed by atoms with Gasteiger partial charge in [-0.2, -0.15) is 0 Å². The Kier molecular flexibility index (Phi) is 6.47. The number of hydrogen-bond donors (Lipinski definition) is 1. The third kappa shape index (κ3) is 3.92. The van der Waals surface area contributed by atoms with Gasteiger partial charge in [-0.05, 0) is 29.3 Å². The zero-order valence-corrected chi connectivity index (χ0v) is 20.7. The zero-order valence-electron chi connectivity index (χ0n) is 19.8. The van der Waals surface area contributed by atoms with Crippen LogP contribution in [0.5, 0.6) is 23.0 Å². The van der Waals surface area contributed by atoms with Gasteiger partial charge in [-0.3, -0.25) is 0 Å². The Morgan fingerprint density at radius 2 is 1.68 bits per heavy atom. The van der Waals surface area contributed by atoms with Crippen molar-refractivity contribution in [3.05, 3.63) is 47.0 Å². The number of nitrogens with one attached hydrogen (secondary N) is 1. The van der Waals surface area contributed by atoms with E-state index in [1.165, 1.54) is 5.57 Å². The van der Waals surface area contributed by atoms with E-state index in [4.69, 9.17) is 28.7 Å². The standard InChI is InChI=1S/C25H29N3O5S/c1-29-18-7-5-6-16-22-17(14-34-24(16)18)21(26-25(27-22)28-8-10-33-11-9-28)15-12-19(30-2)23(32-4)20(13-15)31-3/h5-7,12-13,21H,8-11,14H2,1-4H3,(H,26,27). The second-order valence-electron chi connectivity index (χ2n) is 8.06. The highest BCUT2D eigenvalue weighted by molar-refractivity contribution is 7.99. The number of hydrogen-bond acceptors (Lipinski definition) is 9. The third-order valence-electron chi connectivity index (χ3n) is 6.29. The van der Waals surface area contributed by atoms with Crippen LogP contribution in [0, 0.1) is 0 Å². The van der Waals surface area contributed by atoms with Gasteiger partial charge in [-0.15, -0.1) is 11.8 Å². The molecule has 3 heterocycles. The third-order valence-corrected chi connectivity index (χ3v) is 7.46. The fraction of sp³-hybridized carbons (Fsp3) is 0.400. The number of thioether (sulfide) groups is 1. The number of aliphatic imine (C=N–C) groups is 1. The fourth-order valence-corrected chi connectivity index (χ4v) is 5.82. The van der Waals surface area contributed by atoms with Crippen LogP contribution >= 0.6 is 11.8 Å². The molecule has 1 saturated heterocycles. The van der Waals surface area contributed by atoms with Crippen LogP contribution < -0.4 is 24.3 Å². The molecule has 2 aromatic rings. The van der Waals surface area contributed by atoms with Gasteiger partial charge in [0, 0.05) is 24.4 Å². The lowest BCUT2D eigenvalue weighted by Gasteiger charge is -2.38.